The minimum absolute atomic E-state index is 0.265. The Bertz CT molecular complexity index is 428. The Morgan fingerprint density at radius 3 is 1.00 bits per heavy atom. The summed E-state index contributed by atoms with van der Waals surface area (Å²) in [6, 6.07) is 0. The first kappa shape index (κ1) is 34.4. The van der Waals surface area contributed by atoms with Crippen molar-refractivity contribution >= 4 is 5.97 Å². The summed E-state index contributed by atoms with van der Waals surface area (Å²) in [5.41, 5.74) is -1.55. The van der Waals surface area contributed by atoms with Crippen LogP contribution in [-0.4, -0.2) is 46.7 Å². The number of carbonyl (C=O) groups is 1. The summed E-state index contributed by atoms with van der Waals surface area (Å²) >= 11 is 0. The number of unbranched alkanes of at least 4 members (excludes halogenated alkanes) is 22. The van der Waals surface area contributed by atoms with E-state index in [1.165, 1.54) is 128 Å². The Hall–Kier alpha value is -0.650. The van der Waals surface area contributed by atoms with Gasteiger partial charge in [0, 0.05) is 6.42 Å². The summed E-state index contributed by atoms with van der Waals surface area (Å²) in [5, 5.41) is 27.6. The first-order valence-corrected chi connectivity index (χ1v) is 15.2. The van der Waals surface area contributed by atoms with E-state index in [4.69, 9.17) is 4.74 Å². The summed E-state index contributed by atoms with van der Waals surface area (Å²) in [6.45, 7) is 0.549. The van der Waals surface area contributed by atoms with Gasteiger partial charge in [0.2, 0.25) is 0 Å². The largest absolute Gasteiger partial charge is 0.452 e. The minimum atomic E-state index is -1.55. The molecule has 5 heteroatoms. The lowest BCUT2D eigenvalue weighted by Gasteiger charge is -2.27. The number of rotatable bonds is 28. The Balaban J connectivity index is 3.24. The van der Waals surface area contributed by atoms with Gasteiger partial charge in [0.15, 0.2) is 5.60 Å². The molecule has 0 aliphatic rings. The van der Waals surface area contributed by atoms with Crippen LogP contribution in [0, 0.1) is 0 Å². The maximum absolute atomic E-state index is 11.8. The molecule has 0 aliphatic carbocycles. The quantitative estimate of drug-likeness (QED) is 0.0759. The number of ether oxygens (including phenoxy) is 1. The van der Waals surface area contributed by atoms with Gasteiger partial charge in [-0.2, -0.15) is 0 Å². The van der Waals surface area contributed by atoms with E-state index in [-0.39, 0.29) is 6.42 Å². The third-order valence-electron chi connectivity index (χ3n) is 7.18. The van der Waals surface area contributed by atoms with E-state index >= 15 is 0 Å². The van der Waals surface area contributed by atoms with Crippen LogP contribution in [0.15, 0.2) is 0 Å². The fraction of sp³-hybridized carbons (Fsp3) is 0.967. The van der Waals surface area contributed by atoms with Crippen molar-refractivity contribution in [1.29, 1.82) is 0 Å². The SMILES string of the molecule is CCCCCCCCCCCCCCCCCCCCCCCCCC(=O)OC(CO)(CO)CO. The highest BCUT2D eigenvalue weighted by atomic mass is 16.6. The summed E-state index contributed by atoms with van der Waals surface area (Å²) in [6.07, 6.45) is 31.0. The maximum atomic E-state index is 11.8. The number of esters is 1. The fourth-order valence-electron chi connectivity index (χ4n) is 4.59. The second-order valence-corrected chi connectivity index (χ2v) is 10.7. The van der Waals surface area contributed by atoms with Crippen LogP contribution in [0.4, 0.5) is 0 Å². The van der Waals surface area contributed by atoms with Crippen molar-refractivity contribution in [3.8, 4) is 0 Å². The maximum Gasteiger partial charge on any atom is 0.306 e. The van der Waals surface area contributed by atoms with Crippen LogP contribution in [0.3, 0.4) is 0 Å². The second kappa shape index (κ2) is 26.4. The molecule has 0 saturated heterocycles. The van der Waals surface area contributed by atoms with E-state index in [1.807, 2.05) is 0 Å². The topological polar surface area (TPSA) is 87.0 Å². The van der Waals surface area contributed by atoms with Crippen molar-refractivity contribution in [3.05, 3.63) is 0 Å². The third-order valence-corrected chi connectivity index (χ3v) is 7.18. The zero-order valence-corrected chi connectivity index (χ0v) is 23.3. The van der Waals surface area contributed by atoms with Crippen molar-refractivity contribution in [2.45, 2.75) is 167 Å². The van der Waals surface area contributed by atoms with Gasteiger partial charge in [-0.15, -0.1) is 0 Å². The molecule has 0 bridgehead atoms. The lowest BCUT2D eigenvalue weighted by atomic mass is 10.0. The molecular formula is C30H60O5. The average molecular weight is 501 g/mol. The monoisotopic (exact) mass is 500 g/mol. The van der Waals surface area contributed by atoms with Gasteiger partial charge in [-0.25, -0.2) is 0 Å². The van der Waals surface area contributed by atoms with Gasteiger partial charge < -0.3 is 20.1 Å². The molecule has 0 aliphatic heterocycles. The Kier molecular flexibility index (Phi) is 25.9. The summed E-state index contributed by atoms with van der Waals surface area (Å²) in [5.74, 6) is -0.467. The van der Waals surface area contributed by atoms with Gasteiger partial charge in [-0.3, -0.25) is 4.79 Å². The molecule has 3 N–H and O–H groups in total. The van der Waals surface area contributed by atoms with Crippen molar-refractivity contribution in [2.75, 3.05) is 19.8 Å². The summed E-state index contributed by atoms with van der Waals surface area (Å²) < 4.78 is 5.05. The molecule has 0 heterocycles. The van der Waals surface area contributed by atoms with Crippen molar-refractivity contribution in [3.63, 3.8) is 0 Å². The highest BCUT2D eigenvalue weighted by Crippen LogP contribution is 2.16. The molecule has 0 aromatic rings. The highest BCUT2D eigenvalue weighted by molar-refractivity contribution is 5.69. The van der Waals surface area contributed by atoms with Crippen LogP contribution >= 0.6 is 0 Å². The number of carbonyl (C=O) groups excluding carboxylic acids is 1. The van der Waals surface area contributed by atoms with Gasteiger partial charge in [-0.05, 0) is 6.42 Å². The van der Waals surface area contributed by atoms with Crippen LogP contribution in [0.25, 0.3) is 0 Å². The van der Waals surface area contributed by atoms with E-state index in [2.05, 4.69) is 6.92 Å². The molecule has 0 unspecified atom stereocenters. The van der Waals surface area contributed by atoms with Crippen molar-refractivity contribution in [2.24, 2.45) is 0 Å². The molecule has 0 aromatic carbocycles. The van der Waals surface area contributed by atoms with Gasteiger partial charge in [-0.1, -0.05) is 148 Å². The minimum Gasteiger partial charge on any atom is -0.452 e. The predicted octanol–water partition coefficient (Wildman–Crippen LogP) is 7.63. The number of hydrogen-bond donors (Lipinski definition) is 3. The standard InChI is InChI=1S/C30H60O5/c1-2-3-4-5-6-7-8-9-10-11-12-13-14-15-16-17-18-19-20-21-22-23-24-25-29(34)35-30(26-31,27-32)28-33/h31-33H,2-28H2,1H3. The lowest BCUT2D eigenvalue weighted by molar-refractivity contribution is -0.176. The molecule has 210 valence electrons. The molecule has 0 spiro atoms. The van der Waals surface area contributed by atoms with E-state index < -0.39 is 31.4 Å². The van der Waals surface area contributed by atoms with E-state index in [0.717, 1.165) is 19.3 Å². The average Bonchev–Trinajstić information content (AvgIpc) is 2.87. The van der Waals surface area contributed by atoms with Crippen LogP contribution in [0.5, 0.6) is 0 Å². The fourth-order valence-corrected chi connectivity index (χ4v) is 4.59. The van der Waals surface area contributed by atoms with Gasteiger partial charge in [0.1, 0.15) is 0 Å². The molecule has 0 fully saturated rings. The van der Waals surface area contributed by atoms with Gasteiger partial charge >= 0.3 is 5.97 Å². The molecule has 0 rings (SSSR count). The zero-order valence-electron chi connectivity index (χ0n) is 23.3. The van der Waals surface area contributed by atoms with Crippen LogP contribution in [-0.2, 0) is 9.53 Å². The summed E-state index contributed by atoms with van der Waals surface area (Å²) in [7, 11) is 0. The van der Waals surface area contributed by atoms with Gasteiger partial charge in [0.25, 0.3) is 0 Å². The Morgan fingerprint density at radius 1 is 0.486 bits per heavy atom. The normalized spacial score (nSPS) is 11.8. The molecular weight excluding hydrogens is 440 g/mol. The molecule has 5 nitrogen and oxygen atoms in total. The predicted molar refractivity (Wildman–Crippen MR) is 147 cm³/mol. The zero-order chi connectivity index (χ0) is 25.9. The Morgan fingerprint density at radius 2 is 0.743 bits per heavy atom. The van der Waals surface area contributed by atoms with E-state index in [9.17, 15) is 20.1 Å². The first-order chi connectivity index (χ1) is 17.1. The van der Waals surface area contributed by atoms with Crippen LogP contribution < -0.4 is 0 Å². The van der Waals surface area contributed by atoms with Gasteiger partial charge in [0.05, 0.1) is 19.8 Å². The molecule has 0 amide bonds. The van der Waals surface area contributed by atoms with Crippen LogP contribution in [0.1, 0.15) is 161 Å². The number of hydrogen-bond acceptors (Lipinski definition) is 5. The third kappa shape index (κ3) is 22.3. The Labute approximate surface area is 217 Å². The molecule has 0 radical (unpaired) electrons. The van der Waals surface area contributed by atoms with Crippen LogP contribution in [0.2, 0.25) is 0 Å². The van der Waals surface area contributed by atoms with Crippen molar-refractivity contribution < 1.29 is 24.9 Å². The smallest absolute Gasteiger partial charge is 0.306 e. The number of aliphatic hydroxyl groups is 3. The van der Waals surface area contributed by atoms with E-state index in [0.29, 0.717) is 0 Å². The van der Waals surface area contributed by atoms with E-state index in [1.54, 1.807) is 0 Å². The van der Waals surface area contributed by atoms with Crippen molar-refractivity contribution in [1.82, 2.24) is 0 Å². The molecule has 0 atom stereocenters. The number of aliphatic hydroxyl groups excluding tert-OH is 3. The molecule has 0 aromatic heterocycles. The molecule has 35 heavy (non-hydrogen) atoms. The first-order valence-electron chi connectivity index (χ1n) is 15.2. The molecule has 0 saturated carbocycles. The summed E-state index contributed by atoms with van der Waals surface area (Å²) in [4.78, 5) is 11.8. The lowest BCUT2D eigenvalue weighted by Crippen LogP contribution is -2.46. The highest BCUT2D eigenvalue weighted by Gasteiger charge is 2.32. The second-order valence-electron chi connectivity index (χ2n) is 10.7.